The van der Waals surface area contributed by atoms with E-state index in [9.17, 15) is 13.2 Å². The van der Waals surface area contributed by atoms with Crippen LogP contribution < -0.4 is 5.32 Å². The van der Waals surface area contributed by atoms with Crippen molar-refractivity contribution in [2.24, 2.45) is 0 Å². The van der Waals surface area contributed by atoms with E-state index in [4.69, 9.17) is 5.11 Å². The predicted molar refractivity (Wildman–Crippen MR) is 33.1 cm³/mol. The van der Waals surface area contributed by atoms with Gasteiger partial charge in [0.1, 0.15) is 0 Å². The molecule has 0 bridgehead atoms. The van der Waals surface area contributed by atoms with E-state index >= 15 is 0 Å². The van der Waals surface area contributed by atoms with E-state index in [1.54, 1.807) is 0 Å². The van der Waals surface area contributed by atoms with Crippen LogP contribution in [-0.4, -0.2) is 30.0 Å². The van der Waals surface area contributed by atoms with Crippen LogP contribution in [0.3, 0.4) is 0 Å². The van der Waals surface area contributed by atoms with Crippen molar-refractivity contribution < 1.29 is 18.3 Å². The smallest absolute Gasteiger partial charge is 0.382 e. The monoisotopic (exact) mass is 169 g/mol. The molecular weight excluding hydrogens is 159 g/mol. The summed E-state index contributed by atoms with van der Waals surface area (Å²) in [7, 11) is 0. The van der Waals surface area contributed by atoms with Crippen LogP contribution in [0.4, 0.5) is 13.2 Å². The molecule has 1 aliphatic rings. The average molecular weight is 169 g/mol. The zero-order valence-electron chi connectivity index (χ0n) is 5.86. The van der Waals surface area contributed by atoms with Gasteiger partial charge in [-0.3, -0.25) is 0 Å². The zero-order valence-corrected chi connectivity index (χ0v) is 5.86. The number of hydrogen-bond donors (Lipinski definition) is 2. The number of nitrogens with one attached hydrogen (secondary N) is 1. The SMILES string of the molecule is OC([C@H]1CCCN1)C(F)(F)F. The number of hydrogen-bond acceptors (Lipinski definition) is 2. The lowest BCUT2D eigenvalue weighted by molar-refractivity contribution is -0.210. The Morgan fingerprint density at radius 3 is 2.45 bits per heavy atom. The molecule has 1 rings (SSSR count). The van der Waals surface area contributed by atoms with Crippen molar-refractivity contribution in [3.05, 3.63) is 0 Å². The van der Waals surface area contributed by atoms with Gasteiger partial charge in [-0.2, -0.15) is 13.2 Å². The Bertz CT molecular complexity index is 130. The highest BCUT2D eigenvalue weighted by Crippen LogP contribution is 2.25. The quantitative estimate of drug-likeness (QED) is 0.604. The Balaban J connectivity index is 2.46. The summed E-state index contributed by atoms with van der Waals surface area (Å²) in [6.45, 7) is 0.567. The third-order valence-corrected chi connectivity index (χ3v) is 1.81. The van der Waals surface area contributed by atoms with E-state index in [1.165, 1.54) is 0 Å². The molecule has 1 heterocycles. The minimum absolute atomic E-state index is 0.403. The van der Waals surface area contributed by atoms with Gasteiger partial charge in [-0.15, -0.1) is 0 Å². The lowest BCUT2D eigenvalue weighted by atomic mass is 10.1. The number of aliphatic hydroxyl groups is 1. The molecule has 5 heteroatoms. The summed E-state index contributed by atoms with van der Waals surface area (Å²) in [6.07, 6.45) is -5.58. The second-order valence-electron chi connectivity index (χ2n) is 2.69. The van der Waals surface area contributed by atoms with Gasteiger partial charge in [0.2, 0.25) is 0 Å². The molecule has 0 aromatic heterocycles. The van der Waals surface area contributed by atoms with Gasteiger partial charge in [0, 0.05) is 6.04 Å². The molecule has 0 radical (unpaired) electrons. The third-order valence-electron chi connectivity index (χ3n) is 1.81. The molecule has 2 N–H and O–H groups in total. The molecule has 1 aliphatic heterocycles. The topological polar surface area (TPSA) is 32.3 Å². The Morgan fingerprint density at radius 1 is 1.45 bits per heavy atom. The molecule has 0 aromatic carbocycles. The van der Waals surface area contributed by atoms with Gasteiger partial charge in [-0.05, 0) is 19.4 Å². The van der Waals surface area contributed by atoms with Crippen molar-refractivity contribution >= 4 is 0 Å². The Kier molecular flexibility index (Phi) is 2.39. The van der Waals surface area contributed by atoms with Gasteiger partial charge >= 0.3 is 6.18 Å². The third kappa shape index (κ3) is 2.07. The summed E-state index contributed by atoms with van der Waals surface area (Å²) in [5.74, 6) is 0. The van der Waals surface area contributed by atoms with E-state index in [1.807, 2.05) is 0 Å². The van der Waals surface area contributed by atoms with Gasteiger partial charge < -0.3 is 10.4 Å². The van der Waals surface area contributed by atoms with Crippen molar-refractivity contribution in [2.45, 2.75) is 31.2 Å². The summed E-state index contributed by atoms with van der Waals surface area (Å²) in [5, 5.41) is 11.3. The molecule has 1 saturated heterocycles. The van der Waals surface area contributed by atoms with Gasteiger partial charge in [0.25, 0.3) is 0 Å². The lowest BCUT2D eigenvalue weighted by Crippen LogP contribution is -2.44. The summed E-state index contributed by atoms with van der Waals surface area (Å²) in [4.78, 5) is 0. The molecular formula is C6H10F3NO. The Labute approximate surface area is 62.4 Å². The predicted octanol–water partition coefficient (Wildman–Crippen LogP) is 0.662. The first-order chi connectivity index (χ1) is 5.02. The second kappa shape index (κ2) is 2.98. The average Bonchev–Trinajstić information content (AvgIpc) is 2.34. The van der Waals surface area contributed by atoms with Crippen molar-refractivity contribution in [1.82, 2.24) is 5.32 Å². The fourth-order valence-corrected chi connectivity index (χ4v) is 1.21. The number of rotatable bonds is 1. The van der Waals surface area contributed by atoms with Crippen molar-refractivity contribution in [2.75, 3.05) is 6.54 Å². The van der Waals surface area contributed by atoms with Gasteiger partial charge in [-0.25, -0.2) is 0 Å². The van der Waals surface area contributed by atoms with Crippen LogP contribution in [0.1, 0.15) is 12.8 Å². The highest BCUT2D eigenvalue weighted by Gasteiger charge is 2.44. The normalized spacial score (nSPS) is 28.9. The van der Waals surface area contributed by atoms with Crippen LogP contribution >= 0.6 is 0 Å². The van der Waals surface area contributed by atoms with Gasteiger partial charge in [-0.1, -0.05) is 0 Å². The van der Waals surface area contributed by atoms with E-state index in [0.717, 1.165) is 0 Å². The fraction of sp³-hybridized carbons (Fsp3) is 1.00. The molecule has 0 aliphatic carbocycles. The molecule has 0 amide bonds. The van der Waals surface area contributed by atoms with E-state index < -0.39 is 18.3 Å². The fourth-order valence-electron chi connectivity index (χ4n) is 1.21. The number of alkyl halides is 3. The molecule has 1 fully saturated rings. The number of aliphatic hydroxyl groups excluding tert-OH is 1. The maximum atomic E-state index is 11.8. The maximum absolute atomic E-state index is 11.8. The maximum Gasteiger partial charge on any atom is 0.415 e. The molecule has 2 atom stereocenters. The molecule has 1 unspecified atom stereocenters. The van der Waals surface area contributed by atoms with Crippen LogP contribution in [0.25, 0.3) is 0 Å². The van der Waals surface area contributed by atoms with E-state index in [2.05, 4.69) is 5.32 Å². The molecule has 0 aromatic rings. The largest absolute Gasteiger partial charge is 0.415 e. The lowest BCUT2D eigenvalue weighted by Gasteiger charge is -2.20. The highest BCUT2D eigenvalue weighted by molar-refractivity contribution is 4.85. The molecule has 11 heavy (non-hydrogen) atoms. The van der Waals surface area contributed by atoms with Crippen LogP contribution in [0.2, 0.25) is 0 Å². The highest BCUT2D eigenvalue weighted by atomic mass is 19.4. The first-order valence-electron chi connectivity index (χ1n) is 3.50. The molecule has 66 valence electrons. The van der Waals surface area contributed by atoms with Gasteiger partial charge in [0.15, 0.2) is 6.10 Å². The zero-order chi connectivity index (χ0) is 8.48. The van der Waals surface area contributed by atoms with Crippen LogP contribution in [-0.2, 0) is 0 Å². The van der Waals surface area contributed by atoms with Crippen molar-refractivity contribution in [1.29, 1.82) is 0 Å². The van der Waals surface area contributed by atoms with Crippen molar-refractivity contribution in [3.8, 4) is 0 Å². The summed E-state index contributed by atoms with van der Waals surface area (Å²) < 4.78 is 35.4. The summed E-state index contributed by atoms with van der Waals surface area (Å²) in [6, 6.07) is -0.796. The first kappa shape index (κ1) is 8.80. The first-order valence-corrected chi connectivity index (χ1v) is 3.50. The Hall–Kier alpha value is -0.290. The molecule has 0 spiro atoms. The standard InChI is InChI=1S/C6H10F3NO/c7-6(8,9)5(11)4-2-1-3-10-4/h4-5,10-11H,1-3H2/t4-,5?/m1/s1. The minimum Gasteiger partial charge on any atom is -0.382 e. The van der Waals surface area contributed by atoms with Gasteiger partial charge in [0.05, 0.1) is 0 Å². The minimum atomic E-state index is -4.48. The Morgan fingerprint density at radius 2 is 2.09 bits per heavy atom. The molecule has 0 saturated carbocycles. The van der Waals surface area contributed by atoms with Crippen molar-refractivity contribution in [3.63, 3.8) is 0 Å². The number of halogens is 3. The summed E-state index contributed by atoms with van der Waals surface area (Å²) in [5.41, 5.74) is 0. The van der Waals surface area contributed by atoms with E-state index in [-0.39, 0.29) is 0 Å². The van der Waals surface area contributed by atoms with Crippen LogP contribution in [0.5, 0.6) is 0 Å². The van der Waals surface area contributed by atoms with Crippen LogP contribution in [0, 0.1) is 0 Å². The summed E-state index contributed by atoms with van der Waals surface area (Å²) >= 11 is 0. The van der Waals surface area contributed by atoms with E-state index in [0.29, 0.717) is 19.4 Å². The second-order valence-corrected chi connectivity index (χ2v) is 2.69. The van der Waals surface area contributed by atoms with Crippen LogP contribution in [0.15, 0.2) is 0 Å². The molecule has 2 nitrogen and oxygen atoms in total.